The second kappa shape index (κ2) is 12.6. The third kappa shape index (κ3) is 6.98. The van der Waals surface area contributed by atoms with E-state index in [2.05, 4.69) is 10.4 Å². The molecular weight excluding hydrogens is 464 g/mol. The van der Waals surface area contributed by atoms with Crippen LogP contribution in [-0.4, -0.2) is 65.9 Å². The Balaban J connectivity index is 1.40. The second-order valence-electron chi connectivity index (χ2n) is 8.16. The van der Waals surface area contributed by atoms with Gasteiger partial charge in [0.2, 0.25) is 5.88 Å². The Morgan fingerprint density at radius 1 is 1.11 bits per heavy atom. The van der Waals surface area contributed by atoms with Crippen molar-refractivity contribution in [1.82, 2.24) is 14.7 Å². The van der Waals surface area contributed by atoms with E-state index in [9.17, 15) is 9.59 Å². The molecule has 190 valence electrons. The van der Waals surface area contributed by atoms with Gasteiger partial charge < -0.3 is 23.8 Å². The summed E-state index contributed by atoms with van der Waals surface area (Å²) in [7, 11) is 0. The summed E-state index contributed by atoms with van der Waals surface area (Å²) in [4.78, 5) is 26.4. The van der Waals surface area contributed by atoms with Crippen LogP contribution in [0.4, 0.5) is 15.4 Å². The van der Waals surface area contributed by atoms with Crippen LogP contribution in [0.5, 0.6) is 11.6 Å². The first kappa shape index (κ1) is 25.1. The summed E-state index contributed by atoms with van der Waals surface area (Å²) < 4.78 is 23.8. The number of aromatic nitrogens is 2. The molecule has 0 saturated carbocycles. The minimum absolute atomic E-state index is 0.179. The highest BCUT2D eigenvalue weighted by atomic mass is 16.6. The number of carbonyl (C=O) groups excluding carboxylic acids is 2. The van der Waals surface area contributed by atoms with Crippen molar-refractivity contribution in [2.24, 2.45) is 0 Å². The molecule has 10 heteroatoms. The van der Waals surface area contributed by atoms with Crippen molar-refractivity contribution in [1.29, 1.82) is 0 Å². The number of rotatable bonds is 9. The summed E-state index contributed by atoms with van der Waals surface area (Å²) >= 11 is 0. The van der Waals surface area contributed by atoms with Gasteiger partial charge in [-0.3, -0.25) is 5.32 Å². The van der Waals surface area contributed by atoms with Gasteiger partial charge in [0.15, 0.2) is 0 Å². The maximum Gasteiger partial charge on any atom is 0.418 e. The number of carbonyl (C=O) groups is 2. The molecule has 36 heavy (non-hydrogen) atoms. The lowest BCUT2D eigenvalue weighted by molar-refractivity contribution is -0.0458. The Bertz CT molecular complexity index is 1120. The number of para-hydroxylation sites is 2. The van der Waals surface area contributed by atoms with Crippen LogP contribution in [0.25, 0.3) is 5.69 Å². The van der Waals surface area contributed by atoms with Crippen LogP contribution in [0.1, 0.15) is 19.8 Å². The predicted molar refractivity (Wildman–Crippen MR) is 133 cm³/mol. The summed E-state index contributed by atoms with van der Waals surface area (Å²) in [6.07, 6.45) is 0.468. The van der Waals surface area contributed by atoms with Crippen LogP contribution in [0, 0.1) is 0 Å². The Morgan fingerprint density at radius 3 is 2.61 bits per heavy atom. The number of hydrogen-bond donors (Lipinski definition) is 1. The van der Waals surface area contributed by atoms with E-state index in [1.807, 2.05) is 43.3 Å². The molecule has 4 rings (SSSR count). The first-order valence-corrected chi connectivity index (χ1v) is 12.0. The molecule has 2 heterocycles. The monoisotopic (exact) mass is 494 g/mol. The molecule has 3 aromatic rings. The summed E-state index contributed by atoms with van der Waals surface area (Å²) in [5.41, 5.74) is 0.734. The van der Waals surface area contributed by atoms with Gasteiger partial charge in [0, 0.05) is 12.6 Å². The van der Waals surface area contributed by atoms with Gasteiger partial charge >= 0.3 is 12.2 Å². The molecule has 1 unspecified atom stereocenters. The molecule has 1 aliphatic heterocycles. The highest BCUT2D eigenvalue weighted by molar-refractivity contribution is 5.85. The number of nitrogens with one attached hydrogen (secondary N) is 1. The molecule has 0 radical (unpaired) electrons. The topological polar surface area (TPSA) is 104 Å². The van der Waals surface area contributed by atoms with Crippen molar-refractivity contribution in [3.05, 3.63) is 66.7 Å². The Labute approximate surface area is 209 Å². The Hall–Kier alpha value is -4.05. The maximum absolute atomic E-state index is 12.5. The first-order chi connectivity index (χ1) is 17.6. The first-order valence-electron chi connectivity index (χ1n) is 12.0. The molecule has 1 saturated heterocycles. The molecule has 1 aliphatic rings. The average molecular weight is 495 g/mol. The lowest BCUT2D eigenvalue weighted by Gasteiger charge is -2.31. The van der Waals surface area contributed by atoms with Crippen molar-refractivity contribution in [2.75, 3.05) is 38.2 Å². The van der Waals surface area contributed by atoms with Crippen LogP contribution >= 0.6 is 0 Å². The van der Waals surface area contributed by atoms with Gasteiger partial charge in [-0.2, -0.15) is 0 Å². The van der Waals surface area contributed by atoms with Gasteiger partial charge in [-0.15, -0.1) is 5.10 Å². The Morgan fingerprint density at radius 2 is 1.86 bits per heavy atom. The fourth-order valence-corrected chi connectivity index (χ4v) is 3.57. The minimum Gasteiger partial charge on any atom is -0.474 e. The van der Waals surface area contributed by atoms with E-state index in [0.717, 1.165) is 18.5 Å². The lowest BCUT2D eigenvalue weighted by Crippen LogP contribution is -2.47. The summed E-state index contributed by atoms with van der Waals surface area (Å²) in [5, 5.41) is 7.21. The molecule has 0 bridgehead atoms. The lowest BCUT2D eigenvalue weighted by atomic mass is 10.3. The fraction of sp³-hybridized carbons (Fsp3) is 0.346. The summed E-state index contributed by atoms with van der Waals surface area (Å²) in [6.45, 7) is 3.86. The van der Waals surface area contributed by atoms with E-state index >= 15 is 0 Å². The summed E-state index contributed by atoms with van der Waals surface area (Å²) in [5.74, 6) is 1.09. The zero-order valence-corrected chi connectivity index (χ0v) is 20.2. The van der Waals surface area contributed by atoms with Crippen molar-refractivity contribution in [2.45, 2.75) is 25.9 Å². The third-order valence-electron chi connectivity index (χ3n) is 5.41. The van der Waals surface area contributed by atoms with Crippen molar-refractivity contribution < 1.29 is 28.5 Å². The minimum atomic E-state index is -0.655. The van der Waals surface area contributed by atoms with Gasteiger partial charge in [0.1, 0.15) is 24.3 Å². The predicted octanol–water partition coefficient (Wildman–Crippen LogP) is 4.50. The number of unbranched alkanes of at least 4 members (excludes halogenated alkanes) is 1. The van der Waals surface area contributed by atoms with Crippen LogP contribution in [0.3, 0.4) is 0 Å². The SMILES string of the molecule is CCCCOC(=O)N1CCOC(COc2cc(NC(=O)Oc3ccccc3)n(-c3ccccc3)n2)C1. The van der Waals surface area contributed by atoms with Gasteiger partial charge in [-0.1, -0.05) is 49.7 Å². The zero-order chi connectivity index (χ0) is 25.2. The van der Waals surface area contributed by atoms with Crippen LogP contribution in [-0.2, 0) is 9.47 Å². The van der Waals surface area contributed by atoms with E-state index in [-0.39, 0.29) is 18.8 Å². The molecule has 0 spiro atoms. The van der Waals surface area contributed by atoms with Crippen molar-refractivity contribution in [3.8, 4) is 17.3 Å². The van der Waals surface area contributed by atoms with Crippen LogP contribution in [0.2, 0.25) is 0 Å². The molecular formula is C26H30N4O6. The van der Waals surface area contributed by atoms with E-state index in [1.165, 1.54) is 0 Å². The normalized spacial score (nSPS) is 15.2. The standard InChI is InChI=1S/C26H30N4O6/c1-2-3-15-34-26(32)29-14-16-33-22(18-29)19-35-24-17-23(30(28-24)20-10-6-4-7-11-20)27-25(31)36-21-12-8-5-9-13-21/h4-13,17,22H,2-3,14-16,18-19H2,1H3,(H,27,31). The number of morpholine rings is 1. The molecule has 1 N–H and O–H groups in total. The molecule has 2 aromatic carbocycles. The van der Waals surface area contributed by atoms with E-state index in [0.29, 0.717) is 43.8 Å². The zero-order valence-electron chi connectivity index (χ0n) is 20.2. The van der Waals surface area contributed by atoms with Crippen molar-refractivity contribution in [3.63, 3.8) is 0 Å². The number of hydrogen-bond acceptors (Lipinski definition) is 7. The van der Waals surface area contributed by atoms with Crippen molar-refractivity contribution >= 4 is 18.0 Å². The Kier molecular flexibility index (Phi) is 8.77. The molecule has 0 aliphatic carbocycles. The largest absolute Gasteiger partial charge is 0.474 e. The number of anilines is 1. The molecule has 1 fully saturated rings. The molecule has 10 nitrogen and oxygen atoms in total. The highest BCUT2D eigenvalue weighted by Crippen LogP contribution is 2.23. The maximum atomic E-state index is 12.5. The summed E-state index contributed by atoms with van der Waals surface area (Å²) in [6, 6.07) is 19.7. The smallest absolute Gasteiger partial charge is 0.418 e. The average Bonchev–Trinajstić information content (AvgIpc) is 3.31. The molecule has 2 amide bonds. The third-order valence-corrected chi connectivity index (χ3v) is 5.41. The van der Waals surface area contributed by atoms with Gasteiger partial charge in [-0.25, -0.2) is 14.3 Å². The highest BCUT2D eigenvalue weighted by Gasteiger charge is 2.26. The number of benzene rings is 2. The van der Waals surface area contributed by atoms with Crippen LogP contribution < -0.4 is 14.8 Å². The van der Waals surface area contributed by atoms with Gasteiger partial charge in [0.05, 0.1) is 25.4 Å². The van der Waals surface area contributed by atoms with E-state index < -0.39 is 6.09 Å². The number of ether oxygens (including phenoxy) is 4. The quantitative estimate of drug-likeness (QED) is 0.437. The van der Waals surface area contributed by atoms with Gasteiger partial charge in [-0.05, 0) is 30.7 Å². The van der Waals surface area contributed by atoms with Crippen LogP contribution in [0.15, 0.2) is 66.7 Å². The second-order valence-corrected chi connectivity index (χ2v) is 8.16. The molecule has 1 aromatic heterocycles. The van der Waals surface area contributed by atoms with E-state index in [4.69, 9.17) is 18.9 Å². The number of nitrogens with zero attached hydrogens (tertiary/aromatic N) is 3. The fourth-order valence-electron chi connectivity index (χ4n) is 3.57. The van der Waals surface area contributed by atoms with E-state index in [1.54, 1.807) is 39.9 Å². The molecule has 1 atom stereocenters. The number of amides is 2. The van der Waals surface area contributed by atoms with Gasteiger partial charge in [0.25, 0.3) is 0 Å².